The molecule has 1 atom stereocenters. The third kappa shape index (κ3) is 6.78. The van der Waals surface area contributed by atoms with E-state index in [9.17, 15) is 27.5 Å². The number of alkyl halides is 3. The van der Waals surface area contributed by atoms with E-state index in [0.717, 1.165) is 6.07 Å². The highest BCUT2D eigenvalue weighted by atomic mass is 19.4. The van der Waals surface area contributed by atoms with Crippen molar-refractivity contribution >= 4 is 5.78 Å². The van der Waals surface area contributed by atoms with E-state index in [-0.39, 0.29) is 47.1 Å². The molecule has 3 rings (SSSR count). The van der Waals surface area contributed by atoms with Gasteiger partial charge in [0.05, 0.1) is 25.1 Å². The van der Waals surface area contributed by atoms with Crippen molar-refractivity contribution in [3.05, 3.63) is 76.7 Å². The molecule has 0 saturated heterocycles. The zero-order valence-electron chi connectivity index (χ0n) is 22.6. The van der Waals surface area contributed by atoms with Crippen molar-refractivity contribution < 1.29 is 42.0 Å². The molecular formula is C29H32F4N2O5. The Balaban J connectivity index is 2.02. The van der Waals surface area contributed by atoms with E-state index in [1.165, 1.54) is 56.5 Å². The minimum atomic E-state index is -5.20. The lowest BCUT2D eigenvalue weighted by atomic mass is 9.86. The fourth-order valence-corrected chi connectivity index (χ4v) is 4.04. The number of aromatic nitrogens is 1. The van der Waals surface area contributed by atoms with E-state index in [0.29, 0.717) is 5.56 Å². The van der Waals surface area contributed by atoms with E-state index in [1.807, 2.05) is 0 Å². The molecule has 0 fully saturated rings. The molecule has 40 heavy (non-hydrogen) atoms. The second kappa shape index (κ2) is 11.9. The molecule has 0 aliphatic heterocycles. The number of methoxy groups -OCH3 is 1. The van der Waals surface area contributed by atoms with E-state index >= 15 is 0 Å². The van der Waals surface area contributed by atoms with Gasteiger partial charge >= 0.3 is 6.18 Å². The van der Waals surface area contributed by atoms with Gasteiger partial charge in [-0.3, -0.25) is 4.79 Å². The number of ketones is 1. The molecule has 2 aromatic carbocycles. The van der Waals surface area contributed by atoms with Crippen molar-refractivity contribution in [2.45, 2.75) is 50.9 Å². The van der Waals surface area contributed by atoms with Crippen molar-refractivity contribution in [2.24, 2.45) is 5.73 Å². The predicted molar refractivity (Wildman–Crippen MR) is 141 cm³/mol. The van der Waals surface area contributed by atoms with Crippen LogP contribution in [0.3, 0.4) is 0 Å². The Bertz CT molecular complexity index is 1370. The van der Waals surface area contributed by atoms with Gasteiger partial charge in [-0.1, -0.05) is 0 Å². The zero-order chi connectivity index (χ0) is 29.9. The number of hydrogen-bond acceptors (Lipinski definition) is 7. The van der Waals surface area contributed by atoms with Crippen LogP contribution in [0.25, 0.3) is 11.3 Å². The molecule has 0 radical (unpaired) electrons. The number of hydrogen-bond donors (Lipinski definition) is 3. The first-order valence-corrected chi connectivity index (χ1v) is 12.4. The summed E-state index contributed by atoms with van der Waals surface area (Å²) < 4.78 is 67.8. The maximum Gasteiger partial charge on any atom is 0.422 e. The van der Waals surface area contributed by atoms with Crippen molar-refractivity contribution in [1.29, 1.82) is 0 Å². The maximum atomic E-state index is 14.5. The molecule has 0 saturated carbocycles. The average Bonchev–Trinajstić information content (AvgIpc) is 2.90. The SMILES string of the molecule is COc1cc(C(=O)CC[C@](O)(c2cc(C(C)(C)N)cc(-c3ccc(F)c(C)c3)n2)C(F)(F)F)ccc1OCCO. The Morgan fingerprint density at radius 2 is 1.75 bits per heavy atom. The smallest absolute Gasteiger partial charge is 0.422 e. The Hall–Kier alpha value is -3.54. The molecule has 4 N–H and O–H groups in total. The lowest BCUT2D eigenvalue weighted by molar-refractivity contribution is -0.270. The molecule has 0 bridgehead atoms. The largest absolute Gasteiger partial charge is 0.493 e. The third-order valence-electron chi connectivity index (χ3n) is 6.46. The molecular weight excluding hydrogens is 532 g/mol. The van der Waals surface area contributed by atoms with Crippen LogP contribution in [-0.4, -0.2) is 47.5 Å². The van der Waals surface area contributed by atoms with Gasteiger partial charge in [-0.2, -0.15) is 13.2 Å². The number of nitrogens with two attached hydrogens (primary N) is 1. The minimum absolute atomic E-state index is 0.0204. The van der Waals surface area contributed by atoms with Gasteiger partial charge in [0, 0.05) is 23.1 Å². The number of nitrogens with zero attached hydrogens (tertiary/aromatic N) is 1. The maximum absolute atomic E-state index is 14.5. The number of carbonyl (C=O) groups excluding carboxylic acids is 1. The van der Waals surface area contributed by atoms with Crippen LogP contribution in [0, 0.1) is 12.7 Å². The standard InChI is InChI=1S/C29H32F4N2O5/c1-17-13-18(5-7-21(17)30)22-15-20(27(2,3)34)16-26(35-22)28(38,29(31,32)33)10-9-23(37)19-6-8-24(40-12-11-36)25(14-19)39-4/h5-8,13-16,36,38H,9-12,34H2,1-4H3/t28-/m0/s1. The molecule has 7 nitrogen and oxygen atoms in total. The molecule has 0 unspecified atom stereocenters. The number of ether oxygens (including phenoxy) is 2. The monoisotopic (exact) mass is 564 g/mol. The fourth-order valence-electron chi connectivity index (χ4n) is 4.04. The minimum Gasteiger partial charge on any atom is -0.493 e. The van der Waals surface area contributed by atoms with E-state index in [4.69, 9.17) is 20.3 Å². The van der Waals surface area contributed by atoms with Crippen LogP contribution in [0.2, 0.25) is 0 Å². The number of Topliss-reactive ketones (excluding diaryl/α,β-unsaturated/α-hetero) is 1. The summed E-state index contributed by atoms with van der Waals surface area (Å²) >= 11 is 0. The first kappa shape index (κ1) is 31.0. The lowest BCUT2D eigenvalue weighted by Crippen LogP contribution is -2.44. The van der Waals surface area contributed by atoms with Gasteiger partial charge in [0.1, 0.15) is 12.4 Å². The normalized spacial score (nSPS) is 13.6. The van der Waals surface area contributed by atoms with Crippen LogP contribution < -0.4 is 15.2 Å². The number of pyridine rings is 1. The van der Waals surface area contributed by atoms with E-state index < -0.39 is 47.5 Å². The van der Waals surface area contributed by atoms with Crippen LogP contribution in [0.1, 0.15) is 53.9 Å². The summed E-state index contributed by atoms with van der Waals surface area (Å²) in [5, 5.41) is 20.1. The van der Waals surface area contributed by atoms with Crippen molar-refractivity contribution in [3.8, 4) is 22.8 Å². The first-order chi connectivity index (χ1) is 18.6. The van der Waals surface area contributed by atoms with Gasteiger partial charge in [-0.25, -0.2) is 9.37 Å². The van der Waals surface area contributed by atoms with Crippen LogP contribution in [0.5, 0.6) is 11.5 Å². The first-order valence-electron chi connectivity index (χ1n) is 12.4. The summed E-state index contributed by atoms with van der Waals surface area (Å²) in [7, 11) is 1.33. The quantitative estimate of drug-likeness (QED) is 0.217. The van der Waals surface area contributed by atoms with Gasteiger partial charge < -0.3 is 25.4 Å². The van der Waals surface area contributed by atoms with Gasteiger partial charge in [-0.15, -0.1) is 0 Å². The lowest BCUT2D eigenvalue weighted by Gasteiger charge is -2.32. The van der Waals surface area contributed by atoms with Crippen LogP contribution in [-0.2, 0) is 11.1 Å². The molecule has 0 aliphatic carbocycles. The van der Waals surface area contributed by atoms with Crippen LogP contribution in [0.15, 0.2) is 48.5 Å². The fraction of sp³-hybridized carbons (Fsp3) is 0.379. The second-order valence-corrected chi connectivity index (χ2v) is 10.0. The Morgan fingerprint density at radius 3 is 2.33 bits per heavy atom. The Morgan fingerprint density at radius 1 is 1.05 bits per heavy atom. The average molecular weight is 565 g/mol. The summed E-state index contributed by atoms with van der Waals surface area (Å²) in [6.07, 6.45) is -6.91. The summed E-state index contributed by atoms with van der Waals surface area (Å²) in [5.41, 5.74) is 1.83. The number of aliphatic hydroxyl groups excluding tert-OH is 1. The van der Waals surface area contributed by atoms with E-state index in [2.05, 4.69) is 4.98 Å². The number of halogens is 4. The zero-order valence-corrected chi connectivity index (χ0v) is 22.6. The van der Waals surface area contributed by atoms with Gasteiger partial charge in [0.2, 0.25) is 5.60 Å². The Labute approximate surface area is 229 Å². The predicted octanol–water partition coefficient (Wildman–Crippen LogP) is 5.18. The summed E-state index contributed by atoms with van der Waals surface area (Å²) in [6.45, 7) is 4.41. The number of rotatable bonds is 11. The molecule has 11 heteroatoms. The molecule has 0 spiro atoms. The third-order valence-corrected chi connectivity index (χ3v) is 6.46. The van der Waals surface area contributed by atoms with E-state index in [1.54, 1.807) is 13.8 Å². The van der Waals surface area contributed by atoms with Gasteiger partial charge in [0.25, 0.3) is 0 Å². The van der Waals surface area contributed by atoms with Crippen molar-refractivity contribution in [3.63, 3.8) is 0 Å². The summed E-state index contributed by atoms with van der Waals surface area (Å²) in [5.74, 6) is -0.772. The molecule has 216 valence electrons. The molecule has 1 aromatic heterocycles. The number of aryl methyl sites for hydroxylation is 1. The molecule has 1 heterocycles. The van der Waals surface area contributed by atoms with Crippen LogP contribution >= 0.6 is 0 Å². The van der Waals surface area contributed by atoms with Crippen molar-refractivity contribution in [2.75, 3.05) is 20.3 Å². The number of benzene rings is 2. The summed E-state index contributed by atoms with van der Waals surface area (Å²) in [6, 6.07) is 10.6. The second-order valence-electron chi connectivity index (χ2n) is 10.0. The topological polar surface area (TPSA) is 115 Å². The van der Waals surface area contributed by atoms with Crippen molar-refractivity contribution in [1.82, 2.24) is 4.98 Å². The highest BCUT2D eigenvalue weighted by Crippen LogP contribution is 2.43. The van der Waals surface area contributed by atoms with Gasteiger partial charge in [-0.05, 0) is 86.8 Å². The molecule has 0 aliphatic rings. The van der Waals surface area contributed by atoms with Gasteiger partial charge in [0.15, 0.2) is 17.3 Å². The number of carbonyl (C=O) groups is 1. The highest BCUT2D eigenvalue weighted by molar-refractivity contribution is 5.96. The molecule has 0 amide bonds. The van der Waals surface area contributed by atoms with Crippen LogP contribution in [0.4, 0.5) is 17.6 Å². The summed E-state index contributed by atoms with van der Waals surface area (Å²) in [4.78, 5) is 17.1. The Kier molecular flexibility index (Phi) is 9.23. The number of aliphatic hydroxyl groups is 2. The highest BCUT2D eigenvalue weighted by Gasteiger charge is 2.56. The molecule has 3 aromatic rings.